The molecule has 0 radical (unpaired) electrons. The fourth-order valence-electron chi connectivity index (χ4n) is 2.79. The van der Waals surface area contributed by atoms with E-state index in [1.165, 1.54) is 16.8 Å². The number of amides is 1. The van der Waals surface area contributed by atoms with Crippen LogP contribution < -0.4 is 10.1 Å². The fourth-order valence-corrected chi connectivity index (χ4v) is 2.79. The van der Waals surface area contributed by atoms with Gasteiger partial charge in [0.25, 0.3) is 5.91 Å². The summed E-state index contributed by atoms with van der Waals surface area (Å²) in [7, 11) is 0. The minimum absolute atomic E-state index is 0.0586. The standard InChI is InChI=1S/C21H23FN4O2/c1-13(2)28-19-7-5-6-16(12-19)14(3)23-21(27)20-24-15(4)26(25-20)18-10-8-17(22)9-11-18/h5-14H,1-4H3,(H,23,27). The average molecular weight is 382 g/mol. The molecule has 2 aromatic carbocycles. The Bertz CT molecular complexity index is 967. The summed E-state index contributed by atoms with van der Waals surface area (Å²) in [6.45, 7) is 7.55. The number of aromatic nitrogens is 3. The second-order valence-corrected chi connectivity index (χ2v) is 6.81. The Morgan fingerprint density at radius 3 is 2.54 bits per heavy atom. The third kappa shape index (κ3) is 4.54. The number of hydrogen-bond acceptors (Lipinski definition) is 4. The Hall–Kier alpha value is -3.22. The van der Waals surface area contributed by atoms with E-state index in [2.05, 4.69) is 15.4 Å². The van der Waals surface area contributed by atoms with Crippen LogP contribution in [0.3, 0.4) is 0 Å². The van der Waals surface area contributed by atoms with Gasteiger partial charge in [0.1, 0.15) is 17.4 Å². The van der Waals surface area contributed by atoms with Gasteiger partial charge in [-0.2, -0.15) is 0 Å². The molecule has 0 saturated carbocycles. The van der Waals surface area contributed by atoms with Crippen molar-refractivity contribution in [2.75, 3.05) is 0 Å². The molecule has 0 aliphatic carbocycles. The molecular weight excluding hydrogens is 359 g/mol. The summed E-state index contributed by atoms with van der Waals surface area (Å²) in [5.41, 5.74) is 1.55. The molecule has 0 bridgehead atoms. The maximum absolute atomic E-state index is 13.1. The van der Waals surface area contributed by atoms with Crippen LogP contribution in [0.2, 0.25) is 0 Å². The van der Waals surface area contributed by atoms with Gasteiger partial charge < -0.3 is 10.1 Å². The van der Waals surface area contributed by atoms with Crippen LogP contribution in [0.4, 0.5) is 4.39 Å². The van der Waals surface area contributed by atoms with Crippen LogP contribution in [0.25, 0.3) is 5.69 Å². The lowest BCUT2D eigenvalue weighted by Gasteiger charge is -2.15. The zero-order valence-corrected chi connectivity index (χ0v) is 16.3. The van der Waals surface area contributed by atoms with E-state index in [4.69, 9.17) is 4.74 Å². The molecule has 0 fully saturated rings. The largest absolute Gasteiger partial charge is 0.491 e. The molecule has 1 unspecified atom stereocenters. The number of halogens is 1. The second-order valence-electron chi connectivity index (χ2n) is 6.81. The van der Waals surface area contributed by atoms with Crippen LogP contribution in [0.5, 0.6) is 5.75 Å². The fraction of sp³-hybridized carbons (Fsp3) is 0.286. The van der Waals surface area contributed by atoms with Crippen molar-refractivity contribution in [1.82, 2.24) is 20.1 Å². The molecule has 0 aliphatic heterocycles. The quantitative estimate of drug-likeness (QED) is 0.700. The minimum atomic E-state index is -0.383. The van der Waals surface area contributed by atoms with E-state index in [0.29, 0.717) is 11.5 Å². The number of carbonyl (C=O) groups excluding carboxylic acids is 1. The number of hydrogen-bond donors (Lipinski definition) is 1. The van der Waals surface area contributed by atoms with Gasteiger partial charge in [0.05, 0.1) is 17.8 Å². The van der Waals surface area contributed by atoms with E-state index in [1.807, 2.05) is 45.0 Å². The molecule has 28 heavy (non-hydrogen) atoms. The highest BCUT2D eigenvalue weighted by Gasteiger charge is 2.18. The Labute approximate surface area is 163 Å². The highest BCUT2D eigenvalue weighted by Crippen LogP contribution is 2.20. The summed E-state index contributed by atoms with van der Waals surface area (Å²) >= 11 is 0. The molecule has 0 saturated heterocycles. The van der Waals surface area contributed by atoms with Gasteiger partial charge in [-0.05, 0) is 69.7 Å². The third-order valence-corrected chi connectivity index (χ3v) is 4.12. The molecule has 7 heteroatoms. The van der Waals surface area contributed by atoms with Gasteiger partial charge in [-0.25, -0.2) is 14.1 Å². The summed E-state index contributed by atoms with van der Waals surface area (Å²) < 4.78 is 20.3. The molecule has 146 valence electrons. The van der Waals surface area contributed by atoms with Crippen molar-refractivity contribution in [1.29, 1.82) is 0 Å². The maximum atomic E-state index is 13.1. The lowest BCUT2D eigenvalue weighted by atomic mass is 10.1. The highest BCUT2D eigenvalue weighted by molar-refractivity contribution is 5.90. The molecule has 1 amide bonds. The molecule has 1 N–H and O–H groups in total. The molecular formula is C21H23FN4O2. The van der Waals surface area contributed by atoms with Crippen LogP contribution >= 0.6 is 0 Å². The first-order valence-electron chi connectivity index (χ1n) is 9.10. The molecule has 0 spiro atoms. The van der Waals surface area contributed by atoms with Crippen LogP contribution in [-0.4, -0.2) is 26.8 Å². The van der Waals surface area contributed by atoms with Crippen LogP contribution in [0.15, 0.2) is 48.5 Å². The summed E-state index contributed by atoms with van der Waals surface area (Å²) in [5, 5.41) is 7.16. The maximum Gasteiger partial charge on any atom is 0.291 e. The lowest BCUT2D eigenvalue weighted by Crippen LogP contribution is -2.27. The highest BCUT2D eigenvalue weighted by atomic mass is 19.1. The summed E-state index contributed by atoms with van der Waals surface area (Å²) in [4.78, 5) is 16.8. The molecule has 6 nitrogen and oxygen atoms in total. The first-order valence-corrected chi connectivity index (χ1v) is 9.10. The number of carbonyl (C=O) groups is 1. The average Bonchev–Trinajstić information content (AvgIpc) is 3.04. The first-order chi connectivity index (χ1) is 13.3. The molecule has 1 heterocycles. The third-order valence-electron chi connectivity index (χ3n) is 4.12. The SMILES string of the molecule is Cc1nc(C(=O)NC(C)c2cccc(OC(C)C)c2)nn1-c1ccc(F)cc1. The van der Waals surface area contributed by atoms with Crippen molar-refractivity contribution in [3.05, 3.63) is 71.6 Å². The Kier molecular flexibility index (Phi) is 5.73. The monoisotopic (exact) mass is 382 g/mol. The van der Waals surface area contributed by atoms with E-state index >= 15 is 0 Å². The van der Waals surface area contributed by atoms with E-state index in [0.717, 1.165) is 11.3 Å². The lowest BCUT2D eigenvalue weighted by molar-refractivity contribution is 0.0929. The first kappa shape index (κ1) is 19.5. The van der Waals surface area contributed by atoms with Gasteiger partial charge in [0.2, 0.25) is 5.82 Å². The van der Waals surface area contributed by atoms with E-state index in [1.54, 1.807) is 19.1 Å². The van der Waals surface area contributed by atoms with Crippen molar-refractivity contribution < 1.29 is 13.9 Å². The van der Waals surface area contributed by atoms with Gasteiger partial charge in [0, 0.05) is 0 Å². The van der Waals surface area contributed by atoms with E-state index in [-0.39, 0.29) is 29.7 Å². The topological polar surface area (TPSA) is 69.0 Å². The summed E-state index contributed by atoms with van der Waals surface area (Å²) in [5.74, 6) is 0.631. The molecule has 1 aromatic heterocycles. The number of rotatable bonds is 6. The van der Waals surface area contributed by atoms with Gasteiger partial charge in [-0.15, -0.1) is 5.10 Å². The van der Waals surface area contributed by atoms with Crippen LogP contribution in [0, 0.1) is 12.7 Å². The predicted molar refractivity (Wildman–Crippen MR) is 104 cm³/mol. The summed E-state index contributed by atoms with van der Waals surface area (Å²) in [6, 6.07) is 13.2. The number of ether oxygens (including phenoxy) is 1. The smallest absolute Gasteiger partial charge is 0.291 e. The number of aryl methyl sites for hydroxylation is 1. The Morgan fingerprint density at radius 2 is 1.86 bits per heavy atom. The van der Waals surface area contributed by atoms with Crippen molar-refractivity contribution in [2.24, 2.45) is 0 Å². The zero-order valence-electron chi connectivity index (χ0n) is 16.3. The number of nitrogens with zero attached hydrogens (tertiary/aromatic N) is 3. The Balaban J connectivity index is 1.74. The van der Waals surface area contributed by atoms with Gasteiger partial charge >= 0.3 is 0 Å². The van der Waals surface area contributed by atoms with Crippen molar-refractivity contribution in [3.8, 4) is 11.4 Å². The molecule has 1 atom stereocenters. The van der Waals surface area contributed by atoms with Crippen molar-refractivity contribution >= 4 is 5.91 Å². The Morgan fingerprint density at radius 1 is 1.14 bits per heavy atom. The van der Waals surface area contributed by atoms with Crippen LogP contribution in [0.1, 0.15) is 48.8 Å². The van der Waals surface area contributed by atoms with Crippen molar-refractivity contribution in [2.45, 2.75) is 39.8 Å². The van der Waals surface area contributed by atoms with Crippen LogP contribution in [-0.2, 0) is 0 Å². The predicted octanol–water partition coefficient (Wildman–Crippen LogP) is 3.99. The number of nitrogens with one attached hydrogen (secondary N) is 1. The number of benzene rings is 2. The molecule has 0 aliphatic rings. The van der Waals surface area contributed by atoms with E-state index in [9.17, 15) is 9.18 Å². The van der Waals surface area contributed by atoms with E-state index < -0.39 is 0 Å². The van der Waals surface area contributed by atoms with Gasteiger partial charge in [0.15, 0.2) is 0 Å². The zero-order chi connectivity index (χ0) is 20.3. The minimum Gasteiger partial charge on any atom is -0.491 e. The normalized spacial score (nSPS) is 12.1. The van der Waals surface area contributed by atoms with Gasteiger partial charge in [-0.3, -0.25) is 4.79 Å². The van der Waals surface area contributed by atoms with Crippen molar-refractivity contribution in [3.63, 3.8) is 0 Å². The molecule has 3 rings (SSSR count). The second kappa shape index (κ2) is 8.21. The van der Waals surface area contributed by atoms with Gasteiger partial charge in [-0.1, -0.05) is 12.1 Å². The summed E-state index contributed by atoms with van der Waals surface area (Å²) in [6.07, 6.45) is 0.0720. The molecule has 3 aromatic rings.